The van der Waals surface area contributed by atoms with Crippen molar-refractivity contribution in [1.29, 1.82) is 0 Å². The van der Waals surface area contributed by atoms with Gasteiger partial charge in [-0.05, 0) is 134 Å². The highest BCUT2D eigenvalue weighted by Gasteiger charge is 2.29. The first-order valence-electron chi connectivity index (χ1n) is 24.2. The van der Waals surface area contributed by atoms with Crippen LogP contribution in [0.25, 0.3) is 0 Å². The summed E-state index contributed by atoms with van der Waals surface area (Å²) >= 11 is 1.85. The Labute approximate surface area is 388 Å². The van der Waals surface area contributed by atoms with Gasteiger partial charge in [0.2, 0.25) is 11.9 Å². The number of aromatic nitrogens is 4. The fourth-order valence-corrected chi connectivity index (χ4v) is 8.47. The number of piperidine rings is 1. The van der Waals surface area contributed by atoms with Crippen molar-refractivity contribution in [3.05, 3.63) is 77.6 Å². The Hall–Kier alpha value is -3.97. The van der Waals surface area contributed by atoms with Crippen LogP contribution in [0.5, 0.6) is 0 Å². The van der Waals surface area contributed by atoms with Crippen LogP contribution in [-0.4, -0.2) is 80.2 Å². The minimum Gasteiger partial charge on any atom is -0.357 e. The molecule has 2 aromatic carbocycles. The van der Waals surface area contributed by atoms with E-state index in [1.807, 2.05) is 86.8 Å². The zero-order valence-electron chi connectivity index (χ0n) is 42.0. The van der Waals surface area contributed by atoms with Crippen molar-refractivity contribution in [1.82, 2.24) is 29.1 Å². The number of hydrogen-bond donors (Lipinski definition) is 4. The van der Waals surface area contributed by atoms with Crippen molar-refractivity contribution < 1.29 is 4.74 Å². The van der Waals surface area contributed by atoms with Crippen molar-refractivity contribution in [2.45, 2.75) is 177 Å². The summed E-state index contributed by atoms with van der Waals surface area (Å²) in [7, 11) is 1.83. The van der Waals surface area contributed by atoms with E-state index in [2.05, 4.69) is 135 Å². The molecule has 4 aromatic rings. The third-order valence-corrected chi connectivity index (χ3v) is 12.4. The van der Waals surface area contributed by atoms with Crippen molar-refractivity contribution >= 4 is 46.9 Å². The first-order chi connectivity index (χ1) is 30.5. The van der Waals surface area contributed by atoms with Gasteiger partial charge in [-0.1, -0.05) is 99.8 Å². The van der Waals surface area contributed by atoms with Crippen LogP contribution < -0.4 is 21.3 Å². The molecule has 0 aliphatic carbocycles. The van der Waals surface area contributed by atoms with Crippen molar-refractivity contribution in [2.75, 3.05) is 54.6 Å². The summed E-state index contributed by atoms with van der Waals surface area (Å²) < 4.78 is 9.11. The number of hydrogen-bond acceptors (Lipinski definition) is 12. The zero-order chi connectivity index (χ0) is 46.8. The molecule has 0 radical (unpaired) electrons. The number of nitrogens with one attached hydrogen (secondary N) is 4. The van der Waals surface area contributed by atoms with Gasteiger partial charge < -0.3 is 30.9 Å². The summed E-state index contributed by atoms with van der Waals surface area (Å²) in [6.45, 7) is 33.0. The average molecular weight is 887 g/mol. The molecular formula is C51H86N10OS. The average Bonchev–Trinajstić information content (AvgIpc) is 3.63. The van der Waals surface area contributed by atoms with Crippen LogP contribution in [0.3, 0.4) is 0 Å². The number of benzene rings is 2. The van der Waals surface area contributed by atoms with Crippen LogP contribution in [0.2, 0.25) is 0 Å². The molecule has 352 valence electrons. The van der Waals surface area contributed by atoms with Gasteiger partial charge in [-0.25, -0.2) is 14.3 Å². The van der Waals surface area contributed by atoms with Crippen molar-refractivity contribution in [3.63, 3.8) is 0 Å². The summed E-state index contributed by atoms with van der Waals surface area (Å²) in [5.74, 6) is 3.32. The molecule has 4 heterocycles. The number of nitrogens with zero attached hydrogens (tertiary/aromatic N) is 6. The maximum Gasteiger partial charge on any atom is 0.226 e. The summed E-state index contributed by atoms with van der Waals surface area (Å²) in [4.78, 5) is 22.2. The van der Waals surface area contributed by atoms with E-state index >= 15 is 0 Å². The lowest BCUT2D eigenvalue weighted by Gasteiger charge is -2.35. The van der Waals surface area contributed by atoms with Crippen LogP contribution in [0.1, 0.15) is 157 Å². The van der Waals surface area contributed by atoms with Crippen LogP contribution in [0.15, 0.2) is 65.8 Å². The van der Waals surface area contributed by atoms with Gasteiger partial charge >= 0.3 is 0 Å². The number of rotatable bonds is 17. The van der Waals surface area contributed by atoms with Gasteiger partial charge in [-0.3, -0.25) is 0 Å². The first kappa shape index (κ1) is 55.2. The summed E-state index contributed by atoms with van der Waals surface area (Å²) in [6.07, 6.45) is 12.9. The molecular weight excluding hydrogens is 801 g/mol. The van der Waals surface area contributed by atoms with Crippen LogP contribution in [0, 0.1) is 13.8 Å². The Morgan fingerprint density at radius 2 is 1.27 bits per heavy atom. The Morgan fingerprint density at radius 1 is 0.730 bits per heavy atom. The third-order valence-electron chi connectivity index (χ3n) is 11.0. The molecule has 0 bridgehead atoms. The molecule has 0 spiro atoms. The monoisotopic (exact) mass is 887 g/mol. The SMILES string of the molecule is CC.CC.CC.CCCC.CCCC(C)(Nc1ncc(C)c(Nc2cccc(SN3C(C)CCC3C)c2)n1)OCCN1CCC(c2cccc(Nc3nc(NC)ncc3C)c2)CC1. The first-order valence-corrected chi connectivity index (χ1v) is 25.0. The minimum absolute atomic E-state index is 0.528. The minimum atomic E-state index is -0.581. The maximum atomic E-state index is 6.59. The Balaban J connectivity index is 0.00000126. The number of unbranched alkanes of at least 4 members (excludes halogenated alkanes) is 1. The predicted octanol–water partition coefficient (Wildman–Crippen LogP) is 14.0. The molecule has 2 saturated heterocycles. The quantitative estimate of drug-likeness (QED) is 0.0598. The van der Waals surface area contributed by atoms with Gasteiger partial charge in [-0.2, -0.15) is 9.97 Å². The molecule has 4 N–H and O–H groups in total. The van der Waals surface area contributed by atoms with E-state index in [1.165, 1.54) is 36.1 Å². The molecule has 63 heavy (non-hydrogen) atoms. The maximum absolute atomic E-state index is 6.59. The highest BCUT2D eigenvalue weighted by Crippen LogP contribution is 2.36. The van der Waals surface area contributed by atoms with Gasteiger partial charge in [0.25, 0.3) is 0 Å². The van der Waals surface area contributed by atoms with Crippen molar-refractivity contribution in [3.8, 4) is 0 Å². The fraction of sp³-hybridized carbons (Fsp3) is 0.608. The van der Waals surface area contributed by atoms with E-state index in [1.54, 1.807) is 0 Å². The number of anilines is 6. The second-order valence-corrected chi connectivity index (χ2v) is 17.0. The summed E-state index contributed by atoms with van der Waals surface area (Å²) in [5, 5.41) is 13.6. The lowest BCUT2D eigenvalue weighted by Crippen LogP contribution is -2.42. The summed E-state index contributed by atoms with van der Waals surface area (Å²) in [5.41, 5.74) is 4.86. The van der Waals surface area contributed by atoms with Crippen LogP contribution in [0.4, 0.5) is 34.9 Å². The van der Waals surface area contributed by atoms with Gasteiger partial charge in [0, 0.05) is 65.5 Å². The zero-order valence-corrected chi connectivity index (χ0v) is 42.8. The van der Waals surface area contributed by atoms with Gasteiger partial charge in [0.1, 0.15) is 17.4 Å². The molecule has 2 aliphatic heterocycles. The standard InChI is InChI=1S/C41H58N10OS.C4H10.3C2H6/c1-8-19-41(6,49-40-44-27-29(3)38(48-40)46-35-13-10-14-36(25-35)53-51-30(4)15-16-31(51)5)52-23-22-50-20-17-32(18-21-50)33-11-9-12-34(24-33)45-37-28(2)26-43-39(42-7)47-37;1-3-4-2;3*1-2/h9-14,24-27,30-32H,8,15-23H2,1-7H3,(H2,42,43,45,47)(H2,44,46,48,49);3-4H2,1-2H3;3*1-2H3. The van der Waals surface area contributed by atoms with Gasteiger partial charge in [-0.15, -0.1) is 0 Å². The Kier molecular flexibility index (Phi) is 26.5. The molecule has 6 rings (SSSR count). The second-order valence-electron chi connectivity index (χ2n) is 15.9. The molecule has 0 amide bonds. The van der Waals surface area contributed by atoms with Crippen LogP contribution in [-0.2, 0) is 4.74 Å². The van der Waals surface area contributed by atoms with E-state index in [-0.39, 0.29) is 0 Å². The second kappa shape index (κ2) is 30.2. The topological polar surface area (TPSA) is 115 Å². The highest BCUT2D eigenvalue weighted by molar-refractivity contribution is 7.97. The molecule has 12 heteroatoms. The molecule has 2 aliphatic rings. The van der Waals surface area contributed by atoms with Crippen LogP contribution >= 0.6 is 11.9 Å². The molecule has 0 saturated carbocycles. The number of aryl methyl sites for hydroxylation is 2. The predicted molar refractivity (Wildman–Crippen MR) is 274 cm³/mol. The summed E-state index contributed by atoms with van der Waals surface area (Å²) in [6, 6.07) is 18.5. The lowest BCUT2D eigenvalue weighted by atomic mass is 9.89. The molecule has 2 aromatic heterocycles. The number of likely N-dealkylation sites (tertiary alicyclic amines) is 1. The molecule has 3 atom stereocenters. The van der Waals surface area contributed by atoms with E-state index in [4.69, 9.17) is 9.72 Å². The Morgan fingerprint density at radius 3 is 1.83 bits per heavy atom. The van der Waals surface area contributed by atoms with Crippen molar-refractivity contribution in [2.24, 2.45) is 0 Å². The van der Waals surface area contributed by atoms with E-state index < -0.39 is 5.72 Å². The smallest absolute Gasteiger partial charge is 0.226 e. The van der Waals surface area contributed by atoms with Gasteiger partial charge in [0.15, 0.2) is 0 Å². The van der Waals surface area contributed by atoms with E-state index in [0.717, 1.165) is 79.5 Å². The van der Waals surface area contributed by atoms with E-state index in [0.29, 0.717) is 36.5 Å². The highest BCUT2D eigenvalue weighted by atomic mass is 32.2. The molecule has 11 nitrogen and oxygen atoms in total. The molecule has 2 fully saturated rings. The Bertz CT molecular complexity index is 1830. The molecule has 3 unspecified atom stereocenters. The van der Waals surface area contributed by atoms with Gasteiger partial charge in [0.05, 0.1) is 6.61 Å². The largest absolute Gasteiger partial charge is 0.357 e. The third kappa shape index (κ3) is 18.2. The lowest BCUT2D eigenvalue weighted by molar-refractivity contribution is -0.0277. The van der Waals surface area contributed by atoms with E-state index in [9.17, 15) is 0 Å². The fourth-order valence-electron chi connectivity index (χ4n) is 7.34. The normalized spacial score (nSPS) is 17.2. The number of ether oxygens (including phenoxy) is 1.